The van der Waals surface area contributed by atoms with Crippen LogP contribution in [0.25, 0.3) is 16.6 Å². The summed E-state index contributed by atoms with van der Waals surface area (Å²) in [7, 11) is 3.52. The zero-order valence-electron chi connectivity index (χ0n) is 18.1. The molecule has 1 amide bonds. The lowest BCUT2D eigenvalue weighted by Crippen LogP contribution is -2.43. The van der Waals surface area contributed by atoms with Crippen LogP contribution in [-0.4, -0.2) is 65.6 Å². The minimum absolute atomic E-state index is 0.155. The predicted molar refractivity (Wildman–Crippen MR) is 119 cm³/mol. The van der Waals surface area contributed by atoms with Gasteiger partial charge in [0.25, 0.3) is 11.5 Å². The van der Waals surface area contributed by atoms with Gasteiger partial charge in [-0.25, -0.2) is 10.5 Å². The summed E-state index contributed by atoms with van der Waals surface area (Å²) in [5.41, 5.74) is 5.79. The Morgan fingerprint density at radius 2 is 1.90 bits per heavy atom. The van der Waals surface area contributed by atoms with Gasteiger partial charge in [0, 0.05) is 38.3 Å². The quantitative estimate of drug-likeness (QED) is 0.632. The van der Waals surface area contributed by atoms with Crippen LogP contribution < -0.4 is 11.0 Å². The normalized spacial score (nSPS) is 15.3. The van der Waals surface area contributed by atoms with Crippen LogP contribution in [0.5, 0.6) is 0 Å². The number of carbonyl (C=O) groups is 1. The second-order valence-corrected chi connectivity index (χ2v) is 7.99. The Balaban J connectivity index is 1.70. The van der Waals surface area contributed by atoms with Gasteiger partial charge >= 0.3 is 0 Å². The van der Waals surface area contributed by atoms with E-state index in [-0.39, 0.29) is 11.5 Å². The standard InChI is InChI=1S/C23H27N5O3/c1-16-4-6-18(22(29)25-31-3)13-21(16)28-15-24-20-7-5-17(12-19(20)23(28)30)14-27-10-8-26(2)9-11-27/h4-7,12-13,15H,8-11,14H2,1-3H3,(H,25,29). The summed E-state index contributed by atoms with van der Waals surface area (Å²) in [5, 5.41) is 0.570. The van der Waals surface area contributed by atoms with Crippen LogP contribution in [0.2, 0.25) is 0 Å². The molecule has 8 nitrogen and oxygen atoms in total. The van der Waals surface area contributed by atoms with E-state index < -0.39 is 0 Å². The lowest BCUT2D eigenvalue weighted by molar-refractivity contribution is 0.0537. The highest BCUT2D eigenvalue weighted by atomic mass is 16.6. The number of likely N-dealkylation sites (N-methyl/N-ethyl adjacent to an activating group) is 1. The van der Waals surface area contributed by atoms with Crippen LogP contribution >= 0.6 is 0 Å². The topological polar surface area (TPSA) is 79.7 Å². The Morgan fingerprint density at radius 3 is 2.65 bits per heavy atom. The zero-order chi connectivity index (χ0) is 22.0. The molecule has 1 N–H and O–H groups in total. The number of hydroxylamine groups is 1. The second kappa shape index (κ2) is 8.97. The summed E-state index contributed by atoms with van der Waals surface area (Å²) in [6.07, 6.45) is 1.52. The van der Waals surface area contributed by atoms with Crippen molar-refractivity contribution in [1.29, 1.82) is 0 Å². The highest BCUT2D eigenvalue weighted by Gasteiger charge is 2.16. The van der Waals surface area contributed by atoms with Crippen LogP contribution in [0.15, 0.2) is 47.5 Å². The van der Waals surface area contributed by atoms with Crippen LogP contribution in [-0.2, 0) is 11.4 Å². The zero-order valence-corrected chi connectivity index (χ0v) is 18.1. The lowest BCUT2D eigenvalue weighted by Gasteiger charge is -2.32. The van der Waals surface area contributed by atoms with E-state index in [1.54, 1.807) is 18.2 Å². The molecule has 1 aromatic heterocycles. The van der Waals surface area contributed by atoms with E-state index in [1.165, 1.54) is 18.0 Å². The molecule has 0 unspecified atom stereocenters. The molecule has 8 heteroatoms. The maximum absolute atomic E-state index is 13.4. The second-order valence-electron chi connectivity index (χ2n) is 7.99. The largest absolute Gasteiger partial charge is 0.304 e. The molecule has 1 saturated heterocycles. The number of benzene rings is 2. The molecule has 0 radical (unpaired) electrons. The summed E-state index contributed by atoms with van der Waals surface area (Å²) < 4.78 is 1.50. The van der Waals surface area contributed by atoms with Crippen molar-refractivity contribution in [3.8, 4) is 5.69 Å². The summed E-state index contributed by atoms with van der Waals surface area (Å²) in [4.78, 5) is 39.4. The number of carbonyl (C=O) groups excluding carboxylic acids is 1. The number of aryl methyl sites for hydroxylation is 1. The Morgan fingerprint density at radius 1 is 1.13 bits per heavy atom. The fourth-order valence-electron chi connectivity index (χ4n) is 3.87. The molecule has 0 aliphatic carbocycles. The third-order valence-electron chi connectivity index (χ3n) is 5.75. The third kappa shape index (κ3) is 4.51. The van der Waals surface area contributed by atoms with Gasteiger partial charge in [0.2, 0.25) is 0 Å². The van der Waals surface area contributed by atoms with Gasteiger partial charge in [-0.15, -0.1) is 0 Å². The average Bonchev–Trinajstić information content (AvgIpc) is 2.77. The number of hydrogen-bond acceptors (Lipinski definition) is 6. The number of aromatic nitrogens is 2. The Hall–Kier alpha value is -3.07. The van der Waals surface area contributed by atoms with Crippen LogP contribution in [0, 0.1) is 6.92 Å². The minimum atomic E-state index is -0.375. The van der Waals surface area contributed by atoms with E-state index in [0.717, 1.165) is 43.9 Å². The molecule has 0 saturated carbocycles. The van der Waals surface area contributed by atoms with E-state index in [4.69, 9.17) is 4.84 Å². The molecule has 1 aliphatic rings. The van der Waals surface area contributed by atoms with Gasteiger partial charge in [0.1, 0.15) is 6.33 Å². The minimum Gasteiger partial charge on any atom is -0.304 e. The van der Waals surface area contributed by atoms with Gasteiger partial charge in [0.05, 0.1) is 23.7 Å². The predicted octanol–water partition coefficient (Wildman–Crippen LogP) is 1.73. The number of hydrogen-bond donors (Lipinski definition) is 1. The van der Waals surface area contributed by atoms with Crippen molar-refractivity contribution in [2.75, 3.05) is 40.3 Å². The van der Waals surface area contributed by atoms with Gasteiger partial charge in [-0.05, 0) is 49.4 Å². The number of nitrogens with one attached hydrogen (secondary N) is 1. The first-order chi connectivity index (χ1) is 15.0. The van der Waals surface area contributed by atoms with Gasteiger partial charge in [0.15, 0.2) is 0 Å². The molecule has 3 aromatic rings. The smallest absolute Gasteiger partial charge is 0.274 e. The lowest BCUT2D eigenvalue weighted by atomic mass is 10.1. The summed E-state index contributed by atoms with van der Waals surface area (Å²) in [6.45, 7) is 6.84. The molecular weight excluding hydrogens is 394 g/mol. The maximum Gasteiger partial charge on any atom is 0.274 e. The Labute approximate surface area is 181 Å². The number of rotatable bonds is 5. The number of fused-ring (bicyclic) bond motifs is 1. The first-order valence-corrected chi connectivity index (χ1v) is 10.3. The first kappa shape index (κ1) is 21.2. The SMILES string of the molecule is CONC(=O)c1ccc(C)c(-n2cnc3ccc(CN4CCN(C)CC4)cc3c2=O)c1. The molecule has 31 heavy (non-hydrogen) atoms. The van der Waals surface area contributed by atoms with E-state index >= 15 is 0 Å². The van der Waals surface area contributed by atoms with Crippen molar-refractivity contribution < 1.29 is 9.63 Å². The molecule has 0 spiro atoms. The van der Waals surface area contributed by atoms with Crippen LogP contribution in [0.3, 0.4) is 0 Å². The van der Waals surface area contributed by atoms with E-state index in [1.807, 2.05) is 25.1 Å². The number of amides is 1. The maximum atomic E-state index is 13.4. The summed E-state index contributed by atoms with van der Waals surface area (Å²) in [6, 6.07) is 11.1. The van der Waals surface area contributed by atoms with Crippen molar-refractivity contribution in [1.82, 2.24) is 24.8 Å². The van der Waals surface area contributed by atoms with Gasteiger partial charge in [-0.3, -0.25) is 23.9 Å². The third-order valence-corrected chi connectivity index (χ3v) is 5.75. The average molecular weight is 422 g/mol. The van der Waals surface area contributed by atoms with E-state index in [2.05, 4.69) is 27.3 Å². The summed E-state index contributed by atoms with van der Waals surface area (Å²) >= 11 is 0. The molecule has 2 aromatic carbocycles. The van der Waals surface area contributed by atoms with Crippen molar-refractivity contribution >= 4 is 16.8 Å². The van der Waals surface area contributed by atoms with E-state index in [9.17, 15) is 9.59 Å². The number of piperazine rings is 1. The van der Waals surface area contributed by atoms with Gasteiger partial charge in [-0.2, -0.15) is 0 Å². The molecule has 1 aliphatic heterocycles. The highest BCUT2D eigenvalue weighted by molar-refractivity contribution is 5.94. The van der Waals surface area contributed by atoms with Crippen molar-refractivity contribution in [2.24, 2.45) is 0 Å². The van der Waals surface area contributed by atoms with Gasteiger partial charge < -0.3 is 4.90 Å². The first-order valence-electron chi connectivity index (χ1n) is 10.3. The molecule has 2 heterocycles. The fraction of sp³-hybridized carbons (Fsp3) is 0.348. The molecule has 0 atom stereocenters. The molecular formula is C23H27N5O3. The monoisotopic (exact) mass is 421 g/mol. The Kier molecular flexibility index (Phi) is 6.13. The van der Waals surface area contributed by atoms with Crippen molar-refractivity contribution in [3.05, 3.63) is 69.8 Å². The molecule has 1 fully saturated rings. The van der Waals surface area contributed by atoms with Crippen molar-refractivity contribution in [2.45, 2.75) is 13.5 Å². The highest BCUT2D eigenvalue weighted by Crippen LogP contribution is 2.18. The summed E-state index contributed by atoms with van der Waals surface area (Å²) in [5.74, 6) is -0.375. The Bertz CT molecular complexity index is 1170. The van der Waals surface area contributed by atoms with Crippen molar-refractivity contribution in [3.63, 3.8) is 0 Å². The molecule has 4 rings (SSSR count). The van der Waals surface area contributed by atoms with Crippen LogP contribution in [0.1, 0.15) is 21.5 Å². The molecule has 162 valence electrons. The fourth-order valence-corrected chi connectivity index (χ4v) is 3.87. The number of nitrogens with zero attached hydrogens (tertiary/aromatic N) is 4. The van der Waals surface area contributed by atoms with Gasteiger partial charge in [-0.1, -0.05) is 12.1 Å². The van der Waals surface area contributed by atoms with Crippen LogP contribution in [0.4, 0.5) is 0 Å². The van der Waals surface area contributed by atoms with E-state index in [0.29, 0.717) is 22.2 Å². The molecule has 0 bridgehead atoms.